The number of benzene rings is 2. The fourth-order valence-electron chi connectivity index (χ4n) is 2.11. The molecule has 0 aromatic heterocycles. The molecule has 114 valence electrons. The number of nitriles is 1. The first-order chi connectivity index (χ1) is 10.6. The number of nitrogens with zero attached hydrogens (tertiary/aromatic N) is 2. The largest absolute Gasteiger partial charge is 0.266 e. The highest BCUT2D eigenvalue weighted by Crippen LogP contribution is 2.24. The first-order valence-electron chi connectivity index (χ1n) is 7.17. The van der Waals surface area contributed by atoms with Crippen LogP contribution >= 0.6 is 0 Å². The normalized spacial score (nSPS) is 10.9. The van der Waals surface area contributed by atoms with Crippen molar-refractivity contribution >= 4 is 15.7 Å². The van der Waals surface area contributed by atoms with Crippen molar-refractivity contribution in [1.82, 2.24) is 0 Å². The van der Waals surface area contributed by atoms with Gasteiger partial charge in [0.05, 0.1) is 22.2 Å². The Kier molecular flexibility index (Phi) is 5.18. The molecule has 0 N–H and O–H groups in total. The summed E-state index contributed by atoms with van der Waals surface area (Å²) in [5, 5.41) is 8.82. The van der Waals surface area contributed by atoms with Gasteiger partial charge in [-0.3, -0.25) is 4.31 Å². The van der Waals surface area contributed by atoms with Gasteiger partial charge < -0.3 is 0 Å². The van der Waals surface area contributed by atoms with Crippen LogP contribution in [0.15, 0.2) is 59.5 Å². The highest BCUT2D eigenvalue weighted by atomic mass is 32.2. The Balaban J connectivity index is 2.42. The van der Waals surface area contributed by atoms with E-state index < -0.39 is 10.0 Å². The molecule has 0 bridgehead atoms. The van der Waals surface area contributed by atoms with Crippen molar-refractivity contribution in [3.05, 3.63) is 60.2 Å². The SMILES string of the molecule is CCCCN(c1ccccc1)S(=O)(=O)c1ccc(C#N)cc1. The summed E-state index contributed by atoms with van der Waals surface area (Å²) in [6.07, 6.45) is 1.69. The summed E-state index contributed by atoms with van der Waals surface area (Å²) < 4.78 is 27.2. The van der Waals surface area contributed by atoms with E-state index in [1.165, 1.54) is 28.6 Å². The van der Waals surface area contributed by atoms with Crippen LogP contribution in [0.25, 0.3) is 0 Å². The lowest BCUT2D eigenvalue weighted by Crippen LogP contribution is -2.32. The Bertz CT molecular complexity index is 747. The fourth-order valence-corrected chi connectivity index (χ4v) is 3.62. The van der Waals surface area contributed by atoms with Gasteiger partial charge in [0.1, 0.15) is 0 Å². The number of rotatable bonds is 6. The Morgan fingerprint density at radius 1 is 1.05 bits per heavy atom. The summed E-state index contributed by atoms with van der Waals surface area (Å²) in [6.45, 7) is 2.46. The second kappa shape index (κ2) is 7.10. The van der Waals surface area contributed by atoms with Crippen LogP contribution in [0.2, 0.25) is 0 Å². The van der Waals surface area contributed by atoms with Gasteiger partial charge in [-0.15, -0.1) is 0 Å². The fraction of sp³-hybridized carbons (Fsp3) is 0.235. The zero-order valence-corrected chi connectivity index (χ0v) is 13.3. The average Bonchev–Trinajstić information content (AvgIpc) is 2.56. The van der Waals surface area contributed by atoms with Gasteiger partial charge in [0.25, 0.3) is 10.0 Å². The van der Waals surface area contributed by atoms with Crippen LogP contribution in [-0.4, -0.2) is 15.0 Å². The Morgan fingerprint density at radius 2 is 1.68 bits per heavy atom. The molecule has 0 spiro atoms. The molecule has 0 unspecified atom stereocenters. The van der Waals surface area contributed by atoms with Crippen molar-refractivity contribution in [3.8, 4) is 6.07 Å². The minimum atomic E-state index is -3.63. The molecule has 0 fully saturated rings. The summed E-state index contributed by atoms with van der Waals surface area (Å²) in [5.74, 6) is 0. The first kappa shape index (κ1) is 16.1. The minimum absolute atomic E-state index is 0.200. The lowest BCUT2D eigenvalue weighted by molar-refractivity contribution is 0.588. The summed E-state index contributed by atoms with van der Waals surface area (Å²) >= 11 is 0. The standard InChI is InChI=1S/C17H18N2O2S/c1-2-3-13-19(16-7-5-4-6-8-16)22(20,21)17-11-9-15(14-18)10-12-17/h4-12H,2-3,13H2,1H3. The average molecular weight is 314 g/mol. The Hall–Kier alpha value is -2.32. The molecule has 0 aliphatic rings. The summed E-state index contributed by atoms with van der Waals surface area (Å²) in [5.41, 5.74) is 1.10. The van der Waals surface area contributed by atoms with Crippen molar-refractivity contribution in [1.29, 1.82) is 5.26 Å². The van der Waals surface area contributed by atoms with E-state index in [-0.39, 0.29) is 4.90 Å². The van der Waals surface area contributed by atoms with Gasteiger partial charge in [0.15, 0.2) is 0 Å². The predicted octanol–water partition coefficient (Wildman–Crippen LogP) is 3.55. The third-order valence-electron chi connectivity index (χ3n) is 3.33. The zero-order chi connectivity index (χ0) is 16.0. The van der Waals surface area contributed by atoms with Crippen LogP contribution in [0, 0.1) is 11.3 Å². The van der Waals surface area contributed by atoms with Gasteiger partial charge in [-0.25, -0.2) is 8.42 Å². The smallest absolute Gasteiger partial charge is 0.264 e. The maximum Gasteiger partial charge on any atom is 0.264 e. The van der Waals surface area contributed by atoms with E-state index >= 15 is 0 Å². The number of hydrogen-bond donors (Lipinski definition) is 0. The molecule has 5 heteroatoms. The molecule has 0 saturated heterocycles. The molecule has 0 aliphatic carbocycles. The van der Waals surface area contributed by atoms with E-state index in [4.69, 9.17) is 5.26 Å². The molecule has 2 aromatic carbocycles. The van der Waals surface area contributed by atoms with E-state index in [0.717, 1.165) is 12.8 Å². The number of sulfonamides is 1. The van der Waals surface area contributed by atoms with Crippen molar-refractivity contribution in [3.63, 3.8) is 0 Å². The second-order valence-corrected chi connectivity index (χ2v) is 6.76. The maximum atomic E-state index is 12.9. The molecule has 0 radical (unpaired) electrons. The van der Waals surface area contributed by atoms with Gasteiger partial charge in [-0.2, -0.15) is 5.26 Å². The van der Waals surface area contributed by atoms with Gasteiger partial charge in [-0.1, -0.05) is 31.5 Å². The lowest BCUT2D eigenvalue weighted by Gasteiger charge is -2.24. The first-order valence-corrected chi connectivity index (χ1v) is 8.61. The highest BCUT2D eigenvalue weighted by molar-refractivity contribution is 7.92. The van der Waals surface area contributed by atoms with E-state index in [2.05, 4.69) is 0 Å². The molecule has 0 saturated carbocycles. The maximum absolute atomic E-state index is 12.9. The van der Waals surface area contributed by atoms with Crippen molar-refractivity contribution < 1.29 is 8.42 Å². The molecular weight excluding hydrogens is 296 g/mol. The zero-order valence-electron chi connectivity index (χ0n) is 12.4. The highest BCUT2D eigenvalue weighted by Gasteiger charge is 2.24. The summed E-state index contributed by atoms with van der Waals surface area (Å²) in [4.78, 5) is 0.200. The van der Waals surface area contributed by atoms with Gasteiger partial charge in [0.2, 0.25) is 0 Å². The van der Waals surface area contributed by atoms with E-state index in [1.54, 1.807) is 12.1 Å². The molecular formula is C17H18N2O2S. The van der Waals surface area contributed by atoms with Crippen LogP contribution in [-0.2, 0) is 10.0 Å². The van der Waals surface area contributed by atoms with Gasteiger partial charge in [-0.05, 0) is 42.8 Å². The molecule has 2 rings (SSSR count). The Labute approximate surface area is 131 Å². The Morgan fingerprint density at radius 3 is 2.23 bits per heavy atom. The monoisotopic (exact) mass is 314 g/mol. The van der Waals surface area contributed by atoms with Crippen LogP contribution < -0.4 is 4.31 Å². The molecule has 4 nitrogen and oxygen atoms in total. The number of anilines is 1. The number of hydrogen-bond acceptors (Lipinski definition) is 3. The lowest BCUT2D eigenvalue weighted by atomic mass is 10.2. The summed E-state index contributed by atoms with van der Waals surface area (Å²) in [7, 11) is -3.63. The quantitative estimate of drug-likeness (QED) is 0.819. The molecule has 0 heterocycles. The second-order valence-electron chi connectivity index (χ2n) is 4.90. The molecule has 0 atom stereocenters. The van der Waals surface area contributed by atoms with Crippen LogP contribution in [0.3, 0.4) is 0 Å². The van der Waals surface area contributed by atoms with Crippen LogP contribution in [0.4, 0.5) is 5.69 Å². The summed E-state index contributed by atoms with van der Waals surface area (Å²) in [6, 6.07) is 17.1. The molecule has 0 aliphatic heterocycles. The van der Waals surface area contributed by atoms with E-state index in [0.29, 0.717) is 17.8 Å². The van der Waals surface area contributed by atoms with Gasteiger partial charge in [0, 0.05) is 6.54 Å². The molecule has 22 heavy (non-hydrogen) atoms. The van der Waals surface area contributed by atoms with E-state index in [9.17, 15) is 8.42 Å². The third kappa shape index (κ3) is 3.46. The third-order valence-corrected chi connectivity index (χ3v) is 5.17. The predicted molar refractivity (Wildman–Crippen MR) is 87.0 cm³/mol. The molecule has 0 amide bonds. The van der Waals surface area contributed by atoms with Crippen molar-refractivity contribution in [2.75, 3.05) is 10.8 Å². The number of para-hydroxylation sites is 1. The molecule has 2 aromatic rings. The van der Waals surface area contributed by atoms with Gasteiger partial charge >= 0.3 is 0 Å². The van der Waals surface area contributed by atoms with E-state index in [1.807, 2.05) is 31.2 Å². The topological polar surface area (TPSA) is 61.2 Å². The van der Waals surface area contributed by atoms with Crippen LogP contribution in [0.5, 0.6) is 0 Å². The minimum Gasteiger partial charge on any atom is -0.266 e. The van der Waals surface area contributed by atoms with Crippen molar-refractivity contribution in [2.24, 2.45) is 0 Å². The van der Waals surface area contributed by atoms with Crippen molar-refractivity contribution in [2.45, 2.75) is 24.7 Å². The number of unbranched alkanes of at least 4 members (excludes halogenated alkanes) is 1. The van der Waals surface area contributed by atoms with Crippen LogP contribution in [0.1, 0.15) is 25.3 Å².